The summed E-state index contributed by atoms with van der Waals surface area (Å²) in [5, 5.41) is 8.99. The molecule has 0 radical (unpaired) electrons. The lowest BCUT2D eigenvalue weighted by atomic mass is 9.97. The van der Waals surface area contributed by atoms with Crippen LogP contribution < -0.4 is 5.32 Å². The van der Waals surface area contributed by atoms with E-state index in [9.17, 15) is 4.79 Å². The van der Waals surface area contributed by atoms with Crippen LogP contribution in [0.4, 0.5) is 0 Å². The summed E-state index contributed by atoms with van der Waals surface area (Å²) in [7, 11) is 0. The molecule has 0 bridgehead atoms. The van der Waals surface area contributed by atoms with E-state index in [0.29, 0.717) is 47.0 Å². The fourth-order valence-corrected chi connectivity index (χ4v) is 5.77. The SMILES string of the molecule is O=C(NCCCSCc1ccccc1Cl)C1CCCN(Cc2nc(-c3ccc(Cl)cc3Cl)no2)C1. The van der Waals surface area contributed by atoms with Crippen molar-refractivity contribution < 1.29 is 9.32 Å². The van der Waals surface area contributed by atoms with Crippen LogP contribution in [-0.4, -0.2) is 46.3 Å². The summed E-state index contributed by atoms with van der Waals surface area (Å²) < 4.78 is 5.44. The van der Waals surface area contributed by atoms with Gasteiger partial charge in [-0.1, -0.05) is 58.2 Å². The van der Waals surface area contributed by atoms with Crippen molar-refractivity contribution in [3.8, 4) is 11.4 Å². The van der Waals surface area contributed by atoms with E-state index >= 15 is 0 Å². The summed E-state index contributed by atoms with van der Waals surface area (Å²) in [6.07, 6.45) is 2.77. The molecule has 6 nitrogen and oxygen atoms in total. The maximum absolute atomic E-state index is 12.7. The van der Waals surface area contributed by atoms with Gasteiger partial charge >= 0.3 is 0 Å². The molecule has 3 aromatic rings. The number of hydrogen-bond donors (Lipinski definition) is 1. The second-order valence-electron chi connectivity index (χ2n) is 8.50. The number of halogens is 3. The third kappa shape index (κ3) is 7.61. The third-order valence-electron chi connectivity index (χ3n) is 5.86. The van der Waals surface area contributed by atoms with Crippen molar-refractivity contribution in [2.24, 2.45) is 5.92 Å². The van der Waals surface area contributed by atoms with E-state index in [1.807, 2.05) is 36.0 Å². The normalized spacial score (nSPS) is 16.4. The standard InChI is InChI=1S/C25H27Cl3N4O2S/c26-19-8-9-20(22(28)13-19)24-30-23(34-31-24)15-32-11-3-6-17(14-32)25(33)29-10-4-12-35-16-18-5-1-2-7-21(18)27/h1-2,5,7-9,13,17H,3-4,6,10-12,14-16H2,(H,29,33). The number of carbonyl (C=O) groups excluding carboxylic acids is 1. The molecule has 1 aromatic heterocycles. The van der Waals surface area contributed by atoms with Crippen LogP contribution >= 0.6 is 46.6 Å². The van der Waals surface area contributed by atoms with Crippen molar-refractivity contribution in [3.05, 3.63) is 69.0 Å². The molecule has 1 fully saturated rings. The number of hydrogen-bond acceptors (Lipinski definition) is 6. The Kier molecular flexibility index (Phi) is 9.75. The maximum Gasteiger partial charge on any atom is 0.241 e. The van der Waals surface area contributed by atoms with Gasteiger partial charge in [-0.05, 0) is 61.4 Å². The average molecular weight is 554 g/mol. The molecular formula is C25H27Cl3N4O2S. The Morgan fingerprint density at radius 1 is 1.17 bits per heavy atom. The Bertz CT molecular complexity index is 1140. The van der Waals surface area contributed by atoms with E-state index in [-0.39, 0.29) is 11.8 Å². The molecule has 1 atom stereocenters. The zero-order valence-corrected chi connectivity index (χ0v) is 22.3. The molecule has 0 saturated carbocycles. The first-order valence-electron chi connectivity index (χ1n) is 11.6. The van der Waals surface area contributed by atoms with E-state index in [1.165, 1.54) is 0 Å². The lowest BCUT2D eigenvalue weighted by Gasteiger charge is -2.30. The lowest BCUT2D eigenvalue weighted by Crippen LogP contribution is -2.43. The van der Waals surface area contributed by atoms with Crippen LogP contribution in [0.5, 0.6) is 0 Å². The lowest BCUT2D eigenvalue weighted by molar-refractivity contribution is -0.126. The first kappa shape index (κ1) is 26.3. The van der Waals surface area contributed by atoms with Gasteiger partial charge < -0.3 is 9.84 Å². The van der Waals surface area contributed by atoms with Crippen LogP contribution in [-0.2, 0) is 17.1 Å². The topological polar surface area (TPSA) is 71.3 Å². The minimum absolute atomic E-state index is 0.0346. The van der Waals surface area contributed by atoms with E-state index in [4.69, 9.17) is 39.3 Å². The molecule has 186 valence electrons. The number of aromatic nitrogens is 2. The molecular weight excluding hydrogens is 527 g/mol. The largest absolute Gasteiger partial charge is 0.356 e. The highest BCUT2D eigenvalue weighted by atomic mass is 35.5. The Labute approximate surface area is 224 Å². The minimum atomic E-state index is -0.0346. The van der Waals surface area contributed by atoms with Gasteiger partial charge in [-0.25, -0.2) is 0 Å². The number of rotatable bonds is 10. The minimum Gasteiger partial charge on any atom is -0.356 e. The second-order valence-corrected chi connectivity index (χ2v) is 10.9. The Hall–Kier alpha value is -1.77. The molecule has 2 aromatic carbocycles. The van der Waals surface area contributed by atoms with Crippen molar-refractivity contribution in [2.45, 2.75) is 31.6 Å². The molecule has 10 heteroatoms. The van der Waals surface area contributed by atoms with Gasteiger partial charge in [-0.3, -0.25) is 9.69 Å². The summed E-state index contributed by atoms with van der Waals surface area (Å²) in [5.41, 5.74) is 1.82. The molecule has 0 spiro atoms. The molecule has 4 rings (SSSR count). The summed E-state index contributed by atoms with van der Waals surface area (Å²) in [4.78, 5) is 19.4. The van der Waals surface area contributed by atoms with E-state index < -0.39 is 0 Å². The number of amides is 1. The van der Waals surface area contributed by atoms with Crippen molar-refractivity contribution >= 4 is 52.5 Å². The van der Waals surface area contributed by atoms with Crippen LogP contribution in [0.25, 0.3) is 11.4 Å². The zero-order valence-electron chi connectivity index (χ0n) is 19.2. The predicted octanol–water partition coefficient (Wildman–Crippen LogP) is 6.35. The van der Waals surface area contributed by atoms with Gasteiger partial charge in [0.25, 0.3) is 0 Å². The first-order valence-corrected chi connectivity index (χ1v) is 13.9. The number of nitrogens with zero attached hydrogens (tertiary/aromatic N) is 3. The average Bonchev–Trinajstić information content (AvgIpc) is 3.30. The molecule has 1 saturated heterocycles. The highest BCUT2D eigenvalue weighted by Crippen LogP contribution is 2.29. The fourth-order valence-electron chi connectivity index (χ4n) is 4.03. The highest BCUT2D eigenvalue weighted by Gasteiger charge is 2.26. The van der Waals surface area contributed by atoms with E-state index in [1.54, 1.807) is 18.2 Å². The van der Waals surface area contributed by atoms with Crippen LogP contribution in [0.15, 0.2) is 47.0 Å². The van der Waals surface area contributed by atoms with Crippen molar-refractivity contribution in [1.29, 1.82) is 0 Å². The second kappa shape index (κ2) is 13.0. The third-order valence-corrected chi connectivity index (χ3v) is 7.86. The highest BCUT2D eigenvalue weighted by molar-refractivity contribution is 7.98. The number of benzene rings is 2. The molecule has 1 aliphatic rings. The summed E-state index contributed by atoms with van der Waals surface area (Å²) >= 11 is 20.2. The molecule has 1 N–H and O–H groups in total. The molecule has 0 aliphatic carbocycles. The van der Waals surface area contributed by atoms with Gasteiger partial charge in [0.1, 0.15) is 0 Å². The smallest absolute Gasteiger partial charge is 0.241 e. The number of thioether (sulfide) groups is 1. The number of carbonyl (C=O) groups is 1. The van der Waals surface area contributed by atoms with Crippen LogP contribution in [0.3, 0.4) is 0 Å². The summed E-state index contributed by atoms with van der Waals surface area (Å²) in [6, 6.07) is 13.1. The molecule has 1 unspecified atom stereocenters. The van der Waals surface area contributed by atoms with Gasteiger partial charge in [-0.2, -0.15) is 16.7 Å². The number of likely N-dealkylation sites (tertiary alicyclic amines) is 1. The predicted molar refractivity (Wildman–Crippen MR) is 143 cm³/mol. The zero-order chi connectivity index (χ0) is 24.6. The van der Waals surface area contributed by atoms with Gasteiger partial charge in [0.05, 0.1) is 17.5 Å². The Morgan fingerprint density at radius 2 is 2.03 bits per heavy atom. The Morgan fingerprint density at radius 3 is 2.86 bits per heavy atom. The molecule has 1 aliphatic heterocycles. The number of piperidine rings is 1. The van der Waals surface area contributed by atoms with Crippen molar-refractivity contribution in [3.63, 3.8) is 0 Å². The monoisotopic (exact) mass is 552 g/mol. The summed E-state index contributed by atoms with van der Waals surface area (Å²) in [6.45, 7) is 2.74. The number of nitrogens with one attached hydrogen (secondary N) is 1. The van der Waals surface area contributed by atoms with E-state index in [0.717, 1.165) is 47.9 Å². The maximum atomic E-state index is 12.7. The fraction of sp³-hybridized carbons (Fsp3) is 0.400. The first-order chi connectivity index (χ1) is 17.0. The van der Waals surface area contributed by atoms with E-state index in [2.05, 4.69) is 20.4 Å². The van der Waals surface area contributed by atoms with Crippen molar-refractivity contribution in [2.75, 3.05) is 25.4 Å². The quantitative estimate of drug-likeness (QED) is 0.295. The van der Waals surface area contributed by atoms with Gasteiger partial charge in [0, 0.05) is 34.5 Å². The molecule has 35 heavy (non-hydrogen) atoms. The summed E-state index contributed by atoms with van der Waals surface area (Å²) in [5.74, 6) is 2.87. The van der Waals surface area contributed by atoms with Crippen LogP contribution in [0, 0.1) is 5.92 Å². The van der Waals surface area contributed by atoms with Crippen molar-refractivity contribution in [1.82, 2.24) is 20.4 Å². The van der Waals surface area contributed by atoms with Gasteiger partial charge in [-0.15, -0.1) is 0 Å². The molecule has 2 heterocycles. The Balaban J connectivity index is 1.18. The van der Waals surface area contributed by atoms with Gasteiger partial charge in [0.15, 0.2) is 0 Å². The molecule has 1 amide bonds. The van der Waals surface area contributed by atoms with Crippen LogP contribution in [0.2, 0.25) is 15.1 Å². The van der Waals surface area contributed by atoms with Gasteiger partial charge in [0.2, 0.25) is 17.6 Å². The van der Waals surface area contributed by atoms with Crippen LogP contribution in [0.1, 0.15) is 30.7 Å².